The van der Waals surface area contributed by atoms with Crippen molar-refractivity contribution in [3.63, 3.8) is 0 Å². The van der Waals surface area contributed by atoms with Crippen LogP contribution in [0.25, 0.3) is 22.2 Å². The van der Waals surface area contributed by atoms with Crippen LogP contribution >= 0.6 is 0 Å². The number of anilines is 1. The minimum Gasteiger partial charge on any atom is -0.331 e. The lowest BCUT2D eigenvalue weighted by molar-refractivity contribution is -0.107. The molecule has 0 spiro atoms. The first-order chi connectivity index (χ1) is 14.3. The Morgan fingerprint density at radius 2 is 1.66 bits per heavy atom. The molecule has 5 rings (SSSR count). The highest BCUT2D eigenvalue weighted by Gasteiger charge is 2.28. The zero-order chi connectivity index (χ0) is 19.6. The molecule has 0 saturated heterocycles. The van der Waals surface area contributed by atoms with Gasteiger partial charge in [0.25, 0.3) is 0 Å². The Hall–Kier alpha value is -3.92. The SMILES string of the molecule is O=CC1C(n2ccc3ccccc32)=CC(c2ccccn2)=CN1c1ccccc1. The predicted molar refractivity (Wildman–Crippen MR) is 117 cm³/mol. The number of para-hydroxylation sites is 2. The predicted octanol–water partition coefficient (Wildman–Crippen LogP) is 5.01. The first-order valence-electron chi connectivity index (χ1n) is 9.55. The number of hydrogen-bond donors (Lipinski definition) is 0. The van der Waals surface area contributed by atoms with Crippen molar-refractivity contribution in [2.24, 2.45) is 0 Å². The van der Waals surface area contributed by atoms with Gasteiger partial charge in [-0.2, -0.15) is 0 Å². The van der Waals surface area contributed by atoms with E-state index in [4.69, 9.17) is 0 Å². The second kappa shape index (κ2) is 7.24. The lowest BCUT2D eigenvalue weighted by Gasteiger charge is -2.33. The number of aromatic nitrogens is 2. The summed E-state index contributed by atoms with van der Waals surface area (Å²) in [4.78, 5) is 18.8. The van der Waals surface area contributed by atoms with E-state index in [1.165, 1.54) is 0 Å². The maximum atomic E-state index is 12.3. The fourth-order valence-electron chi connectivity index (χ4n) is 3.82. The third kappa shape index (κ3) is 3.05. The first kappa shape index (κ1) is 17.2. The molecule has 4 nitrogen and oxygen atoms in total. The molecule has 29 heavy (non-hydrogen) atoms. The number of benzene rings is 2. The van der Waals surface area contributed by atoms with E-state index in [9.17, 15) is 4.79 Å². The Kier molecular flexibility index (Phi) is 4.30. The Labute approximate surface area is 169 Å². The van der Waals surface area contributed by atoms with Crippen molar-refractivity contribution in [1.82, 2.24) is 9.55 Å². The Bertz CT molecular complexity index is 1220. The number of hydrogen-bond acceptors (Lipinski definition) is 3. The quantitative estimate of drug-likeness (QED) is 0.470. The summed E-state index contributed by atoms with van der Waals surface area (Å²) >= 11 is 0. The van der Waals surface area contributed by atoms with Gasteiger partial charge in [0.05, 0.1) is 16.9 Å². The molecule has 0 amide bonds. The van der Waals surface area contributed by atoms with Crippen LogP contribution in [0.4, 0.5) is 5.69 Å². The molecule has 0 saturated carbocycles. The van der Waals surface area contributed by atoms with Crippen molar-refractivity contribution in [3.8, 4) is 0 Å². The third-order valence-electron chi connectivity index (χ3n) is 5.21. The van der Waals surface area contributed by atoms with E-state index in [0.717, 1.165) is 39.8 Å². The highest BCUT2D eigenvalue weighted by molar-refractivity contribution is 5.96. The molecule has 0 aliphatic carbocycles. The summed E-state index contributed by atoms with van der Waals surface area (Å²) in [7, 11) is 0. The van der Waals surface area contributed by atoms with E-state index in [0.29, 0.717) is 0 Å². The van der Waals surface area contributed by atoms with Crippen molar-refractivity contribution in [2.45, 2.75) is 6.04 Å². The van der Waals surface area contributed by atoms with Gasteiger partial charge in [0.15, 0.2) is 0 Å². The molecule has 0 N–H and O–H groups in total. The zero-order valence-corrected chi connectivity index (χ0v) is 15.7. The Morgan fingerprint density at radius 3 is 2.45 bits per heavy atom. The summed E-state index contributed by atoms with van der Waals surface area (Å²) in [5, 5.41) is 1.14. The molecule has 3 heterocycles. The van der Waals surface area contributed by atoms with Crippen molar-refractivity contribution in [2.75, 3.05) is 4.90 Å². The normalized spacial score (nSPS) is 16.4. The molecular weight excluding hydrogens is 358 g/mol. The van der Waals surface area contributed by atoms with E-state index in [1.54, 1.807) is 6.20 Å². The molecule has 2 aromatic heterocycles. The minimum atomic E-state index is -0.444. The van der Waals surface area contributed by atoms with Gasteiger partial charge in [0.1, 0.15) is 12.3 Å². The highest BCUT2D eigenvalue weighted by atomic mass is 16.1. The fourth-order valence-corrected chi connectivity index (χ4v) is 3.82. The third-order valence-corrected chi connectivity index (χ3v) is 5.21. The summed E-state index contributed by atoms with van der Waals surface area (Å²) in [5.74, 6) is 0. The van der Waals surface area contributed by atoms with Gasteiger partial charge >= 0.3 is 0 Å². The van der Waals surface area contributed by atoms with Crippen LogP contribution in [0.1, 0.15) is 5.69 Å². The lowest BCUT2D eigenvalue weighted by Crippen LogP contribution is -2.37. The van der Waals surface area contributed by atoms with Crippen LogP contribution in [0, 0.1) is 0 Å². The van der Waals surface area contributed by atoms with Crippen LogP contribution in [0.15, 0.2) is 104 Å². The number of nitrogens with zero attached hydrogens (tertiary/aromatic N) is 3. The molecule has 2 aromatic carbocycles. The van der Waals surface area contributed by atoms with Gasteiger partial charge in [-0.1, -0.05) is 42.5 Å². The number of carbonyl (C=O) groups is 1. The first-order valence-corrected chi connectivity index (χ1v) is 9.55. The van der Waals surface area contributed by atoms with Gasteiger partial charge in [-0.3, -0.25) is 4.98 Å². The molecule has 4 aromatic rings. The van der Waals surface area contributed by atoms with Gasteiger partial charge in [-0.25, -0.2) is 0 Å². The Balaban J connectivity index is 1.72. The zero-order valence-electron chi connectivity index (χ0n) is 15.7. The van der Waals surface area contributed by atoms with Crippen molar-refractivity contribution < 1.29 is 4.79 Å². The molecule has 0 fully saturated rings. The standard InChI is InChI=1S/C25H19N3O/c29-18-25-24(27-15-13-19-8-4-5-12-23(19)27)16-20(22-11-6-7-14-26-22)17-28(25)21-9-2-1-3-10-21/h1-18,25H. The molecule has 140 valence electrons. The maximum absolute atomic E-state index is 12.3. The smallest absolute Gasteiger partial charge is 0.148 e. The summed E-state index contributed by atoms with van der Waals surface area (Å²) < 4.78 is 2.10. The summed E-state index contributed by atoms with van der Waals surface area (Å²) in [6, 6.07) is 25.6. The summed E-state index contributed by atoms with van der Waals surface area (Å²) in [6.07, 6.45) is 8.88. The maximum Gasteiger partial charge on any atom is 0.148 e. The summed E-state index contributed by atoms with van der Waals surface area (Å²) in [6.45, 7) is 0. The van der Waals surface area contributed by atoms with Crippen LogP contribution in [-0.4, -0.2) is 21.9 Å². The minimum absolute atomic E-state index is 0.444. The summed E-state index contributed by atoms with van der Waals surface area (Å²) in [5.41, 5.74) is 4.75. The topological polar surface area (TPSA) is 38.1 Å². The van der Waals surface area contributed by atoms with Crippen LogP contribution < -0.4 is 4.90 Å². The Morgan fingerprint density at radius 1 is 0.862 bits per heavy atom. The van der Waals surface area contributed by atoms with Crippen molar-refractivity contribution in [3.05, 3.63) is 109 Å². The van der Waals surface area contributed by atoms with E-state index in [-0.39, 0.29) is 0 Å². The molecular formula is C25H19N3O. The number of aldehydes is 1. The largest absolute Gasteiger partial charge is 0.331 e. The monoisotopic (exact) mass is 377 g/mol. The van der Waals surface area contributed by atoms with Crippen LogP contribution in [-0.2, 0) is 4.79 Å². The average molecular weight is 377 g/mol. The van der Waals surface area contributed by atoms with Crippen molar-refractivity contribution in [1.29, 1.82) is 0 Å². The lowest BCUT2D eigenvalue weighted by atomic mass is 10.0. The molecule has 1 aliphatic rings. The van der Waals surface area contributed by atoms with Crippen molar-refractivity contribution >= 4 is 34.1 Å². The molecule has 1 atom stereocenters. The number of allylic oxidation sites excluding steroid dienone is 2. The molecule has 1 unspecified atom stereocenters. The van der Waals surface area contributed by atoms with Gasteiger partial charge in [-0.05, 0) is 47.9 Å². The second-order valence-corrected chi connectivity index (χ2v) is 6.94. The molecule has 0 bridgehead atoms. The fraction of sp³-hybridized carbons (Fsp3) is 0.0400. The van der Waals surface area contributed by atoms with Crippen LogP contribution in [0.2, 0.25) is 0 Å². The van der Waals surface area contributed by atoms with E-state index in [2.05, 4.69) is 33.8 Å². The van der Waals surface area contributed by atoms with Gasteiger partial charge in [0.2, 0.25) is 0 Å². The second-order valence-electron chi connectivity index (χ2n) is 6.94. The molecule has 4 heteroatoms. The van der Waals surface area contributed by atoms with Crippen LogP contribution in [0.5, 0.6) is 0 Å². The number of fused-ring (bicyclic) bond motifs is 1. The van der Waals surface area contributed by atoms with Gasteiger partial charge in [0, 0.05) is 29.9 Å². The van der Waals surface area contributed by atoms with Gasteiger partial charge < -0.3 is 14.3 Å². The number of pyridine rings is 1. The molecule has 0 radical (unpaired) electrons. The molecule has 1 aliphatic heterocycles. The van der Waals surface area contributed by atoms with E-state index >= 15 is 0 Å². The average Bonchev–Trinajstić information content (AvgIpc) is 3.23. The number of rotatable bonds is 4. The van der Waals surface area contributed by atoms with Gasteiger partial charge in [-0.15, -0.1) is 0 Å². The van der Waals surface area contributed by atoms with Crippen LogP contribution in [0.3, 0.4) is 0 Å². The number of carbonyl (C=O) groups excluding carboxylic acids is 1. The van der Waals surface area contributed by atoms with E-state index in [1.807, 2.05) is 78.0 Å². The highest BCUT2D eigenvalue weighted by Crippen LogP contribution is 2.33. The van der Waals surface area contributed by atoms with E-state index < -0.39 is 6.04 Å².